The van der Waals surface area contributed by atoms with Crippen molar-refractivity contribution in [1.29, 1.82) is 0 Å². The molecular formula is C23H28N2O3. The summed E-state index contributed by atoms with van der Waals surface area (Å²) in [7, 11) is 0. The summed E-state index contributed by atoms with van der Waals surface area (Å²) in [5.41, 5.74) is 5.00. The van der Waals surface area contributed by atoms with Gasteiger partial charge < -0.3 is 20.2 Å². The number of anilines is 2. The fourth-order valence-electron chi connectivity index (χ4n) is 3.77. The molecule has 0 radical (unpaired) electrons. The first-order chi connectivity index (χ1) is 13.4. The number of nitrogens with one attached hydrogen (secondary N) is 2. The minimum atomic E-state index is -0.275. The Hall–Kier alpha value is -2.82. The van der Waals surface area contributed by atoms with Gasteiger partial charge in [0.15, 0.2) is 0 Å². The van der Waals surface area contributed by atoms with E-state index in [0.717, 1.165) is 29.6 Å². The monoisotopic (exact) mass is 380 g/mol. The van der Waals surface area contributed by atoms with E-state index in [-0.39, 0.29) is 17.4 Å². The first-order valence-corrected chi connectivity index (χ1v) is 9.78. The molecule has 0 aromatic heterocycles. The highest BCUT2D eigenvalue weighted by atomic mass is 16.5. The fourth-order valence-corrected chi connectivity index (χ4v) is 3.77. The Balaban J connectivity index is 1.79. The smallest absolute Gasteiger partial charge is 0.338 e. The summed E-state index contributed by atoms with van der Waals surface area (Å²) in [4.78, 5) is 22.5. The quantitative estimate of drug-likeness (QED) is 0.417. The summed E-state index contributed by atoms with van der Waals surface area (Å²) < 4.78 is 5.12. The topological polar surface area (TPSA) is 67.4 Å². The van der Waals surface area contributed by atoms with Crippen LogP contribution in [0.2, 0.25) is 0 Å². The molecule has 1 atom stereocenters. The van der Waals surface area contributed by atoms with Gasteiger partial charge in [0.05, 0.1) is 18.2 Å². The maximum absolute atomic E-state index is 12.0. The third kappa shape index (κ3) is 4.35. The van der Waals surface area contributed by atoms with Crippen LogP contribution in [0.25, 0.3) is 0 Å². The van der Waals surface area contributed by atoms with Gasteiger partial charge >= 0.3 is 5.97 Å². The molecule has 0 saturated heterocycles. The van der Waals surface area contributed by atoms with Crippen LogP contribution in [0, 0.1) is 5.41 Å². The highest BCUT2D eigenvalue weighted by molar-refractivity contribution is 5.90. The van der Waals surface area contributed by atoms with Crippen LogP contribution in [0.5, 0.6) is 0 Å². The van der Waals surface area contributed by atoms with Gasteiger partial charge in [0, 0.05) is 24.3 Å². The molecule has 0 spiro atoms. The molecule has 2 aromatic carbocycles. The zero-order chi connectivity index (χ0) is 20.1. The van der Waals surface area contributed by atoms with Crippen LogP contribution in [0.1, 0.15) is 54.7 Å². The minimum absolute atomic E-state index is 0.0211. The molecule has 3 rings (SSSR count). The van der Waals surface area contributed by atoms with E-state index in [9.17, 15) is 9.59 Å². The number of fused-ring (bicyclic) bond motifs is 1. The van der Waals surface area contributed by atoms with Crippen molar-refractivity contribution in [3.63, 3.8) is 0 Å². The Morgan fingerprint density at radius 2 is 2.00 bits per heavy atom. The maximum Gasteiger partial charge on any atom is 0.338 e. The Kier molecular flexibility index (Phi) is 6.02. The second kappa shape index (κ2) is 8.46. The van der Waals surface area contributed by atoms with Crippen LogP contribution in [0.4, 0.5) is 11.4 Å². The summed E-state index contributed by atoms with van der Waals surface area (Å²) in [5.74, 6) is -0.275. The van der Waals surface area contributed by atoms with Crippen molar-refractivity contribution in [2.24, 2.45) is 5.41 Å². The first kappa shape index (κ1) is 19.9. The average molecular weight is 380 g/mol. The SMILES string of the molecule is CCOC(=O)c1ccc2c(c1)CC(C)(C)C(c1ccc(NCCC=O)cc1)N2. The van der Waals surface area contributed by atoms with Crippen LogP contribution in [-0.2, 0) is 16.0 Å². The number of rotatable bonds is 7. The number of ether oxygens (including phenoxy) is 1. The number of hydrogen-bond donors (Lipinski definition) is 2. The second-order valence-corrected chi connectivity index (χ2v) is 7.84. The highest BCUT2D eigenvalue weighted by Crippen LogP contribution is 2.45. The Morgan fingerprint density at radius 1 is 1.25 bits per heavy atom. The molecule has 2 N–H and O–H groups in total. The van der Waals surface area contributed by atoms with E-state index in [1.807, 2.05) is 25.1 Å². The molecule has 1 aliphatic rings. The van der Waals surface area contributed by atoms with Crippen molar-refractivity contribution in [2.75, 3.05) is 23.8 Å². The molecule has 0 bridgehead atoms. The van der Waals surface area contributed by atoms with Gasteiger partial charge in [-0.15, -0.1) is 0 Å². The fraction of sp³-hybridized carbons (Fsp3) is 0.391. The molecule has 5 heteroatoms. The number of esters is 1. The van der Waals surface area contributed by atoms with Crippen LogP contribution in [-0.4, -0.2) is 25.4 Å². The molecule has 0 fully saturated rings. The summed E-state index contributed by atoms with van der Waals surface area (Å²) in [6, 6.07) is 14.3. The molecule has 0 aliphatic carbocycles. The summed E-state index contributed by atoms with van der Waals surface area (Å²) >= 11 is 0. The lowest BCUT2D eigenvalue weighted by molar-refractivity contribution is -0.107. The van der Waals surface area contributed by atoms with Crippen LogP contribution in [0.15, 0.2) is 42.5 Å². The van der Waals surface area contributed by atoms with E-state index in [1.165, 1.54) is 5.56 Å². The predicted octanol–water partition coefficient (Wildman–Crippen LogP) is 4.60. The molecule has 0 saturated carbocycles. The number of aldehydes is 1. The average Bonchev–Trinajstić information content (AvgIpc) is 2.67. The molecule has 1 heterocycles. The van der Waals surface area contributed by atoms with Crippen molar-refractivity contribution < 1.29 is 14.3 Å². The van der Waals surface area contributed by atoms with Crippen molar-refractivity contribution in [3.8, 4) is 0 Å². The third-order valence-electron chi connectivity index (χ3n) is 5.18. The lowest BCUT2D eigenvalue weighted by atomic mass is 9.72. The second-order valence-electron chi connectivity index (χ2n) is 7.84. The van der Waals surface area contributed by atoms with Crippen molar-refractivity contribution >= 4 is 23.6 Å². The molecule has 1 unspecified atom stereocenters. The number of hydrogen-bond acceptors (Lipinski definition) is 5. The summed E-state index contributed by atoms with van der Waals surface area (Å²) in [6.45, 7) is 7.31. The lowest BCUT2D eigenvalue weighted by Crippen LogP contribution is -2.35. The molecule has 28 heavy (non-hydrogen) atoms. The molecule has 5 nitrogen and oxygen atoms in total. The van der Waals surface area contributed by atoms with Gasteiger partial charge in [0.1, 0.15) is 6.29 Å². The standard InChI is InChI=1S/C23H28N2O3/c1-4-28-22(27)17-8-11-20-18(14-17)15-23(2,3)21(25-20)16-6-9-19(10-7-16)24-12-5-13-26/h6-11,13-14,21,24-25H,4-5,12,15H2,1-3H3. The Morgan fingerprint density at radius 3 is 2.68 bits per heavy atom. The number of carbonyl (C=O) groups excluding carboxylic acids is 2. The van der Waals surface area contributed by atoms with E-state index in [2.05, 4.69) is 48.7 Å². The van der Waals surface area contributed by atoms with E-state index >= 15 is 0 Å². The van der Waals surface area contributed by atoms with Gasteiger partial charge in [-0.3, -0.25) is 0 Å². The van der Waals surface area contributed by atoms with Gasteiger partial charge in [-0.2, -0.15) is 0 Å². The van der Waals surface area contributed by atoms with Crippen LogP contribution < -0.4 is 10.6 Å². The van der Waals surface area contributed by atoms with Crippen molar-refractivity contribution in [2.45, 2.75) is 39.7 Å². The van der Waals surface area contributed by atoms with Gasteiger partial charge in [-0.1, -0.05) is 26.0 Å². The van der Waals surface area contributed by atoms with Crippen molar-refractivity contribution in [3.05, 3.63) is 59.2 Å². The van der Waals surface area contributed by atoms with Gasteiger partial charge in [-0.05, 0) is 60.2 Å². The van der Waals surface area contributed by atoms with Crippen molar-refractivity contribution in [1.82, 2.24) is 0 Å². The normalized spacial score (nSPS) is 17.2. The van der Waals surface area contributed by atoms with E-state index < -0.39 is 0 Å². The largest absolute Gasteiger partial charge is 0.462 e. The van der Waals surface area contributed by atoms with Crippen LogP contribution >= 0.6 is 0 Å². The van der Waals surface area contributed by atoms with Crippen LogP contribution in [0.3, 0.4) is 0 Å². The molecular weight excluding hydrogens is 352 g/mol. The summed E-state index contributed by atoms with van der Waals surface area (Å²) in [5, 5.41) is 6.90. The summed E-state index contributed by atoms with van der Waals surface area (Å²) in [6.07, 6.45) is 2.29. The first-order valence-electron chi connectivity index (χ1n) is 9.78. The van der Waals surface area contributed by atoms with E-state index in [0.29, 0.717) is 25.1 Å². The van der Waals surface area contributed by atoms with E-state index in [4.69, 9.17) is 4.74 Å². The Bertz CT molecular complexity index is 843. The lowest BCUT2D eigenvalue weighted by Gasteiger charge is -2.41. The van der Waals surface area contributed by atoms with Gasteiger partial charge in [-0.25, -0.2) is 4.79 Å². The van der Waals surface area contributed by atoms with Gasteiger partial charge in [0.25, 0.3) is 0 Å². The zero-order valence-electron chi connectivity index (χ0n) is 16.7. The third-order valence-corrected chi connectivity index (χ3v) is 5.18. The van der Waals surface area contributed by atoms with E-state index in [1.54, 1.807) is 0 Å². The molecule has 148 valence electrons. The maximum atomic E-state index is 12.0. The molecule has 0 amide bonds. The molecule has 2 aromatic rings. The van der Waals surface area contributed by atoms with Gasteiger partial charge in [0.2, 0.25) is 0 Å². The number of benzene rings is 2. The highest BCUT2D eigenvalue weighted by Gasteiger charge is 2.36. The predicted molar refractivity (Wildman–Crippen MR) is 112 cm³/mol. The Labute approximate surface area is 166 Å². The zero-order valence-corrected chi connectivity index (χ0v) is 16.7. The minimum Gasteiger partial charge on any atom is -0.462 e. The molecule has 1 aliphatic heterocycles. The number of carbonyl (C=O) groups is 2.